The smallest absolute Gasteiger partial charge is 0.270 e. The van der Waals surface area contributed by atoms with Crippen LogP contribution in [0.1, 0.15) is 27.6 Å². The summed E-state index contributed by atoms with van der Waals surface area (Å²) in [6, 6.07) is 11.6. The number of ketones is 1. The van der Waals surface area contributed by atoms with E-state index in [0.717, 1.165) is 6.07 Å². The van der Waals surface area contributed by atoms with Crippen LogP contribution < -0.4 is 10.6 Å². The van der Waals surface area contributed by atoms with Crippen molar-refractivity contribution < 1.29 is 19.3 Å². The van der Waals surface area contributed by atoms with Crippen LogP contribution in [0.4, 0.5) is 11.4 Å². The van der Waals surface area contributed by atoms with E-state index in [4.69, 9.17) is 0 Å². The number of hydrogen-bond acceptors (Lipinski definition) is 5. The molecule has 0 atom stereocenters. The summed E-state index contributed by atoms with van der Waals surface area (Å²) in [5.41, 5.74) is 0.763. The van der Waals surface area contributed by atoms with Crippen LogP contribution in [0, 0.1) is 10.1 Å². The van der Waals surface area contributed by atoms with Gasteiger partial charge in [-0.1, -0.05) is 18.2 Å². The molecule has 0 unspecified atom stereocenters. The van der Waals surface area contributed by atoms with Gasteiger partial charge < -0.3 is 10.6 Å². The molecule has 0 heterocycles. The van der Waals surface area contributed by atoms with E-state index in [0.29, 0.717) is 11.3 Å². The first-order chi connectivity index (χ1) is 11.9. The molecule has 0 aliphatic rings. The van der Waals surface area contributed by atoms with Gasteiger partial charge in [0.2, 0.25) is 5.91 Å². The van der Waals surface area contributed by atoms with Crippen LogP contribution in [0.5, 0.6) is 0 Å². The average molecular weight is 341 g/mol. The summed E-state index contributed by atoms with van der Waals surface area (Å²) >= 11 is 0. The molecule has 2 rings (SSSR count). The molecular formula is C17H15N3O5. The van der Waals surface area contributed by atoms with Crippen molar-refractivity contribution in [2.24, 2.45) is 0 Å². The first-order valence-electron chi connectivity index (χ1n) is 7.30. The molecule has 0 radical (unpaired) electrons. The van der Waals surface area contributed by atoms with Gasteiger partial charge in [-0.15, -0.1) is 0 Å². The normalized spacial score (nSPS) is 9.96. The number of benzene rings is 2. The van der Waals surface area contributed by atoms with Gasteiger partial charge in [-0.2, -0.15) is 0 Å². The Labute approximate surface area is 143 Å². The summed E-state index contributed by atoms with van der Waals surface area (Å²) in [4.78, 5) is 45.3. The minimum absolute atomic E-state index is 0.0839. The molecule has 0 saturated heterocycles. The number of carbonyl (C=O) groups is 3. The highest BCUT2D eigenvalue weighted by Gasteiger charge is 2.12. The van der Waals surface area contributed by atoms with Crippen LogP contribution >= 0.6 is 0 Å². The number of nitrogens with zero attached hydrogens (tertiary/aromatic N) is 1. The zero-order chi connectivity index (χ0) is 18.4. The molecule has 2 amide bonds. The molecule has 2 aromatic rings. The number of amides is 2. The van der Waals surface area contributed by atoms with Gasteiger partial charge in [0.25, 0.3) is 11.6 Å². The summed E-state index contributed by atoms with van der Waals surface area (Å²) in [5, 5.41) is 15.6. The van der Waals surface area contributed by atoms with E-state index in [2.05, 4.69) is 10.6 Å². The van der Waals surface area contributed by atoms with Gasteiger partial charge in [0, 0.05) is 28.9 Å². The number of hydrogen-bond donors (Lipinski definition) is 2. The Morgan fingerprint density at radius 3 is 2.40 bits per heavy atom. The minimum atomic E-state index is -0.606. The molecule has 2 N–H and O–H groups in total. The van der Waals surface area contributed by atoms with Crippen LogP contribution in [0.15, 0.2) is 48.5 Å². The Kier molecular flexibility index (Phi) is 5.57. The Hall–Kier alpha value is -3.55. The van der Waals surface area contributed by atoms with Gasteiger partial charge in [-0.3, -0.25) is 24.5 Å². The van der Waals surface area contributed by atoms with Gasteiger partial charge in [0.15, 0.2) is 5.78 Å². The van der Waals surface area contributed by atoms with Gasteiger partial charge >= 0.3 is 0 Å². The van der Waals surface area contributed by atoms with Crippen molar-refractivity contribution in [3.8, 4) is 0 Å². The molecule has 2 aromatic carbocycles. The van der Waals surface area contributed by atoms with Gasteiger partial charge in [0.1, 0.15) is 0 Å². The quantitative estimate of drug-likeness (QED) is 0.474. The second-order valence-corrected chi connectivity index (χ2v) is 5.18. The average Bonchev–Trinajstić information content (AvgIpc) is 2.60. The van der Waals surface area contributed by atoms with Gasteiger partial charge in [-0.05, 0) is 25.1 Å². The van der Waals surface area contributed by atoms with Crippen molar-refractivity contribution in [2.75, 3.05) is 11.9 Å². The fraction of sp³-hybridized carbons (Fsp3) is 0.118. The minimum Gasteiger partial charge on any atom is -0.343 e. The largest absolute Gasteiger partial charge is 0.343 e. The lowest BCUT2D eigenvalue weighted by Gasteiger charge is -2.08. The first-order valence-corrected chi connectivity index (χ1v) is 7.30. The maximum Gasteiger partial charge on any atom is 0.270 e. The Bertz CT molecular complexity index is 848. The molecule has 0 aliphatic carbocycles. The van der Waals surface area contributed by atoms with E-state index in [-0.39, 0.29) is 23.6 Å². The number of anilines is 1. The van der Waals surface area contributed by atoms with Crippen molar-refractivity contribution in [3.63, 3.8) is 0 Å². The van der Waals surface area contributed by atoms with E-state index in [9.17, 15) is 24.5 Å². The lowest BCUT2D eigenvalue weighted by molar-refractivity contribution is -0.384. The van der Waals surface area contributed by atoms with Crippen molar-refractivity contribution >= 4 is 29.0 Å². The zero-order valence-corrected chi connectivity index (χ0v) is 13.3. The molecule has 0 fully saturated rings. The fourth-order valence-electron chi connectivity index (χ4n) is 2.04. The predicted molar refractivity (Wildman–Crippen MR) is 90.5 cm³/mol. The summed E-state index contributed by atoms with van der Waals surface area (Å²) in [6.07, 6.45) is 0. The van der Waals surface area contributed by atoms with Crippen LogP contribution in [0.3, 0.4) is 0 Å². The standard InChI is InChI=1S/C17H15N3O5/c1-11(21)12-4-2-6-14(8-12)19-16(22)10-18-17(23)13-5-3-7-15(9-13)20(24)25/h2-9H,10H2,1H3,(H,18,23)(H,19,22). The molecule has 0 aromatic heterocycles. The molecule has 25 heavy (non-hydrogen) atoms. The molecule has 0 saturated carbocycles. The van der Waals surface area contributed by atoms with Crippen molar-refractivity contribution in [2.45, 2.75) is 6.92 Å². The summed E-state index contributed by atoms with van der Waals surface area (Å²) < 4.78 is 0. The Morgan fingerprint density at radius 2 is 1.72 bits per heavy atom. The third-order valence-corrected chi connectivity index (χ3v) is 3.28. The first kappa shape index (κ1) is 17.8. The molecule has 0 bridgehead atoms. The molecule has 8 heteroatoms. The Balaban J connectivity index is 1.94. The fourth-order valence-corrected chi connectivity index (χ4v) is 2.04. The summed E-state index contributed by atoms with van der Waals surface area (Å²) in [6.45, 7) is 1.10. The van der Waals surface area contributed by atoms with Crippen LogP contribution in [0.2, 0.25) is 0 Å². The van der Waals surface area contributed by atoms with E-state index in [1.165, 1.54) is 31.2 Å². The van der Waals surface area contributed by atoms with E-state index >= 15 is 0 Å². The molecule has 128 valence electrons. The maximum atomic E-state index is 12.0. The maximum absolute atomic E-state index is 12.0. The van der Waals surface area contributed by atoms with E-state index in [1.54, 1.807) is 18.2 Å². The van der Waals surface area contributed by atoms with Crippen LogP contribution in [0.25, 0.3) is 0 Å². The number of carbonyl (C=O) groups excluding carboxylic acids is 3. The second-order valence-electron chi connectivity index (χ2n) is 5.18. The topological polar surface area (TPSA) is 118 Å². The van der Waals surface area contributed by atoms with Crippen LogP contribution in [-0.2, 0) is 4.79 Å². The third-order valence-electron chi connectivity index (χ3n) is 3.28. The highest BCUT2D eigenvalue weighted by molar-refractivity contribution is 6.00. The number of nitrogens with one attached hydrogen (secondary N) is 2. The van der Waals surface area contributed by atoms with E-state index in [1.807, 2.05) is 0 Å². The highest BCUT2D eigenvalue weighted by atomic mass is 16.6. The van der Waals surface area contributed by atoms with Gasteiger partial charge in [-0.25, -0.2) is 0 Å². The number of rotatable bonds is 6. The third kappa shape index (κ3) is 4.96. The number of nitro benzene ring substituents is 1. The van der Waals surface area contributed by atoms with E-state index < -0.39 is 16.7 Å². The monoisotopic (exact) mass is 341 g/mol. The van der Waals surface area contributed by atoms with Crippen molar-refractivity contribution in [1.82, 2.24) is 5.32 Å². The SMILES string of the molecule is CC(=O)c1cccc(NC(=O)CNC(=O)c2cccc([N+](=O)[O-])c2)c1. The second kappa shape index (κ2) is 7.82. The molecule has 8 nitrogen and oxygen atoms in total. The lowest BCUT2D eigenvalue weighted by Crippen LogP contribution is -2.32. The van der Waals surface area contributed by atoms with Gasteiger partial charge in [0.05, 0.1) is 11.5 Å². The summed E-state index contributed by atoms with van der Waals surface area (Å²) in [7, 11) is 0. The molecule has 0 spiro atoms. The van der Waals surface area contributed by atoms with Crippen molar-refractivity contribution in [1.29, 1.82) is 0 Å². The lowest BCUT2D eigenvalue weighted by atomic mass is 10.1. The number of non-ortho nitro benzene ring substituents is 1. The van der Waals surface area contributed by atoms with Crippen molar-refractivity contribution in [3.05, 3.63) is 69.8 Å². The number of nitro groups is 1. The Morgan fingerprint density at radius 1 is 1.04 bits per heavy atom. The highest BCUT2D eigenvalue weighted by Crippen LogP contribution is 2.13. The molecular weight excluding hydrogens is 326 g/mol. The predicted octanol–water partition coefficient (Wildman–Crippen LogP) is 2.17. The number of Topliss-reactive ketones (excluding diaryl/α,β-unsaturated/α-hetero) is 1. The summed E-state index contributed by atoms with van der Waals surface area (Å²) in [5.74, 6) is -1.22. The van der Waals surface area contributed by atoms with Crippen LogP contribution in [-0.4, -0.2) is 29.1 Å². The zero-order valence-electron chi connectivity index (χ0n) is 13.3. The molecule has 0 aliphatic heterocycles.